The average molecular weight is 526 g/mol. The van der Waals surface area contributed by atoms with Gasteiger partial charge in [-0.1, -0.05) is 96.5 Å². The van der Waals surface area contributed by atoms with Gasteiger partial charge in [0.25, 0.3) is 0 Å². The Balaban J connectivity index is 1.57. The maximum absolute atomic E-state index is 10.6. The molecule has 0 fully saturated rings. The van der Waals surface area contributed by atoms with Crippen LogP contribution < -0.4 is 5.46 Å². The van der Waals surface area contributed by atoms with Crippen molar-refractivity contribution in [3.8, 4) is 34.2 Å². The second kappa shape index (κ2) is 10.0. The second-order valence-corrected chi connectivity index (χ2v) is 10.9. The van der Waals surface area contributed by atoms with Gasteiger partial charge in [-0.05, 0) is 33.8 Å². The molecule has 0 unspecified atom stereocenters. The molecule has 1 radical (unpaired) electrons. The van der Waals surface area contributed by atoms with Crippen LogP contribution in [-0.4, -0.2) is 38.7 Å². The van der Waals surface area contributed by atoms with E-state index in [1.807, 2.05) is 111 Å². The number of hydrogen-bond acceptors (Lipinski definition) is 6. The number of benzene rings is 4. The molecule has 2 heterocycles. The number of para-hydroxylation sites is 1. The van der Waals surface area contributed by atoms with E-state index in [1.54, 1.807) is 21.3 Å². The Morgan fingerprint density at radius 2 is 1.23 bits per heavy atom. The molecule has 7 heteroatoms. The first-order valence-electron chi connectivity index (χ1n) is 13.3. The van der Waals surface area contributed by atoms with Crippen molar-refractivity contribution in [3.63, 3.8) is 0 Å². The first kappa shape index (κ1) is 25.9. The minimum atomic E-state index is -1.05. The van der Waals surface area contributed by atoms with Gasteiger partial charge in [-0.2, -0.15) is 0 Å². The van der Waals surface area contributed by atoms with Gasteiger partial charge in [-0.15, -0.1) is 0 Å². The second-order valence-electron chi connectivity index (χ2n) is 10.9. The zero-order valence-corrected chi connectivity index (χ0v) is 22.9. The van der Waals surface area contributed by atoms with E-state index in [9.17, 15) is 5.11 Å². The minimum absolute atomic E-state index is 0.494. The van der Waals surface area contributed by atoms with Crippen molar-refractivity contribution in [2.24, 2.45) is 0 Å². The van der Waals surface area contributed by atoms with Crippen LogP contribution in [-0.2, 0) is 4.65 Å². The van der Waals surface area contributed by atoms with E-state index in [4.69, 9.17) is 24.0 Å². The van der Waals surface area contributed by atoms with E-state index < -0.39 is 11.2 Å². The van der Waals surface area contributed by atoms with Gasteiger partial charge >= 0.3 is 7.48 Å². The van der Waals surface area contributed by atoms with Crippen LogP contribution >= 0.6 is 0 Å². The van der Waals surface area contributed by atoms with Crippen molar-refractivity contribution in [1.29, 1.82) is 0 Å². The Kier molecular flexibility index (Phi) is 6.49. The molecule has 4 aromatic carbocycles. The molecule has 0 amide bonds. The molecule has 0 aliphatic heterocycles. The van der Waals surface area contributed by atoms with Crippen molar-refractivity contribution < 1.29 is 14.2 Å². The van der Waals surface area contributed by atoms with Crippen LogP contribution in [0.15, 0.2) is 101 Å². The highest BCUT2D eigenvalue weighted by atomic mass is 16.5. The highest BCUT2D eigenvalue weighted by Gasteiger charge is 2.36. The number of rotatable bonds is 7. The number of hydrogen-bond donors (Lipinski definition) is 1. The van der Waals surface area contributed by atoms with Gasteiger partial charge in [0, 0.05) is 21.9 Å². The number of furan rings is 1. The molecule has 0 saturated carbocycles. The number of nitrogens with zero attached hydrogens (tertiary/aromatic N) is 3. The monoisotopic (exact) mass is 526 g/mol. The highest BCUT2D eigenvalue weighted by molar-refractivity contribution is 6.48. The molecule has 2 aromatic heterocycles. The standard InChI is InChI=1S/C33H29BN3O3/c1-32(2,38)33(3,4)40-34-23-19-25-24-17-11-12-18-27(24)39-28(25)26(20-23)31-36-29(21-13-7-5-8-14-21)35-30(37-31)22-15-9-6-10-16-22/h5-20,38H,1-4H3. The smallest absolute Gasteiger partial charge is 0.330 e. The summed E-state index contributed by atoms with van der Waals surface area (Å²) in [6, 6.07) is 31.7. The third-order valence-corrected chi connectivity index (χ3v) is 7.40. The van der Waals surface area contributed by atoms with Gasteiger partial charge in [0.2, 0.25) is 0 Å². The van der Waals surface area contributed by atoms with Gasteiger partial charge < -0.3 is 14.2 Å². The van der Waals surface area contributed by atoms with Gasteiger partial charge in [0.1, 0.15) is 11.2 Å². The Labute approximate surface area is 234 Å². The highest BCUT2D eigenvalue weighted by Crippen LogP contribution is 2.35. The molecule has 0 atom stereocenters. The lowest BCUT2D eigenvalue weighted by atomic mass is 9.81. The van der Waals surface area contributed by atoms with Crippen molar-refractivity contribution in [1.82, 2.24) is 15.0 Å². The summed E-state index contributed by atoms with van der Waals surface area (Å²) in [6.07, 6.45) is 0. The topological polar surface area (TPSA) is 81.3 Å². The third-order valence-electron chi connectivity index (χ3n) is 7.40. The zero-order valence-electron chi connectivity index (χ0n) is 22.9. The van der Waals surface area contributed by atoms with Gasteiger partial charge in [0.15, 0.2) is 17.5 Å². The van der Waals surface area contributed by atoms with Crippen molar-refractivity contribution in [2.45, 2.75) is 38.9 Å². The van der Waals surface area contributed by atoms with E-state index in [0.29, 0.717) is 23.1 Å². The Morgan fingerprint density at radius 3 is 1.82 bits per heavy atom. The Morgan fingerprint density at radius 1 is 0.675 bits per heavy atom. The fraction of sp³-hybridized carbons (Fsp3) is 0.182. The fourth-order valence-electron chi connectivity index (χ4n) is 4.37. The first-order chi connectivity index (χ1) is 19.2. The number of fused-ring (bicyclic) bond motifs is 3. The molecule has 6 aromatic rings. The zero-order chi connectivity index (χ0) is 27.9. The van der Waals surface area contributed by atoms with E-state index in [2.05, 4.69) is 0 Å². The van der Waals surface area contributed by atoms with Crippen molar-refractivity contribution >= 4 is 34.9 Å². The van der Waals surface area contributed by atoms with Crippen molar-refractivity contribution in [3.05, 3.63) is 97.1 Å². The molecule has 40 heavy (non-hydrogen) atoms. The predicted octanol–water partition coefficient (Wildman–Crippen LogP) is 6.58. The Bertz CT molecular complexity index is 1750. The summed E-state index contributed by atoms with van der Waals surface area (Å²) >= 11 is 0. The summed E-state index contributed by atoms with van der Waals surface area (Å²) in [4.78, 5) is 14.7. The number of aliphatic hydroxyl groups is 1. The molecule has 0 aliphatic rings. The predicted molar refractivity (Wildman–Crippen MR) is 160 cm³/mol. The molecule has 197 valence electrons. The molecule has 0 bridgehead atoms. The van der Waals surface area contributed by atoms with Crippen LogP contribution in [0.1, 0.15) is 27.7 Å². The lowest BCUT2D eigenvalue weighted by Gasteiger charge is -2.37. The lowest BCUT2D eigenvalue weighted by molar-refractivity contribution is -0.0893. The summed E-state index contributed by atoms with van der Waals surface area (Å²) in [7, 11) is 1.68. The number of aromatic nitrogens is 3. The largest absolute Gasteiger partial charge is 0.455 e. The van der Waals surface area contributed by atoms with E-state index >= 15 is 0 Å². The summed E-state index contributed by atoms with van der Waals surface area (Å²) in [6.45, 7) is 7.20. The molecule has 0 spiro atoms. The lowest BCUT2D eigenvalue weighted by Crippen LogP contribution is -2.49. The molecule has 0 saturated heterocycles. The Hall–Kier alpha value is -4.33. The fourth-order valence-corrected chi connectivity index (χ4v) is 4.37. The molecular weight excluding hydrogens is 497 g/mol. The normalized spacial score (nSPS) is 12.2. The van der Waals surface area contributed by atoms with Crippen molar-refractivity contribution in [2.75, 3.05) is 0 Å². The third kappa shape index (κ3) is 4.90. The maximum Gasteiger partial charge on any atom is 0.330 e. The molecule has 0 aliphatic carbocycles. The van der Waals surface area contributed by atoms with Crippen LogP contribution in [0.5, 0.6) is 0 Å². The average Bonchev–Trinajstić information content (AvgIpc) is 3.34. The van der Waals surface area contributed by atoms with Gasteiger partial charge in [-0.3, -0.25) is 0 Å². The van der Waals surface area contributed by atoms with Crippen LogP contribution in [0.2, 0.25) is 0 Å². The molecule has 1 N–H and O–H groups in total. The van der Waals surface area contributed by atoms with Crippen LogP contribution in [0.4, 0.5) is 0 Å². The van der Waals surface area contributed by atoms with Crippen LogP contribution in [0.3, 0.4) is 0 Å². The summed E-state index contributed by atoms with van der Waals surface area (Å²) < 4.78 is 12.5. The quantitative estimate of drug-likeness (QED) is 0.237. The van der Waals surface area contributed by atoms with E-state index in [-0.39, 0.29) is 0 Å². The van der Waals surface area contributed by atoms with E-state index in [1.165, 1.54) is 0 Å². The molecular formula is C33H29BN3O3. The maximum atomic E-state index is 10.6. The summed E-state index contributed by atoms with van der Waals surface area (Å²) in [5, 5.41) is 12.5. The SMILES string of the molecule is CC(C)(O)C(C)(C)O[B]c1cc(-c2nc(-c3ccccc3)nc(-c3ccccc3)n2)c2oc3ccccc3c2c1. The summed E-state index contributed by atoms with van der Waals surface area (Å²) in [5.41, 5.74) is 2.88. The first-order valence-corrected chi connectivity index (χ1v) is 13.3. The van der Waals surface area contributed by atoms with Crippen LogP contribution in [0, 0.1) is 0 Å². The van der Waals surface area contributed by atoms with Crippen LogP contribution in [0.25, 0.3) is 56.1 Å². The van der Waals surface area contributed by atoms with Gasteiger partial charge in [0.05, 0.1) is 16.8 Å². The molecule has 6 rings (SSSR count). The summed E-state index contributed by atoms with van der Waals surface area (Å²) in [5.74, 6) is 1.64. The minimum Gasteiger partial charge on any atom is -0.455 e. The van der Waals surface area contributed by atoms with E-state index in [0.717, 1.165) is 38.5 Å². The van der Waals surface area contributed by atoms with Gasteiger partial charge in [-0.25, -0.2) is 15.0 Å². The molecule has 6 nitrogen and oxygen atoms in total.